The van der Waals surface area contributed by atoms with Crippen molar-refractivity contribution in [3.05, 3.63) is 182 Å². The van der Waals surface area contributed by atoms with Crippen LogP contribution >= 0.6 is 0 Å². The number of carbonyl (C=O) groups excluding carboxylic acids is 2. The maximum atomic E-state index is 13.0. The molecule has 0 saturated heterocycles. The van der Waals surface area contributed by atoms with Gasteiger partial charge in [-0.3, -0.25) is 9.59 Å². The van der Waals surface area contributed by atoms with Crippen LogP contribution < -0.4 is 28.4 Å². The Labute approximate surface area is 378 Å². The Morgan fingerprint density at radius 1 is 0.462 bits per heavy atom. The van der Waals surface area contributed by atoms with E-state index in [0.29, 0.717) is 61.5 Å². The van der Waals surface area contributed by atoms with Crippen molar-refractivity contribution in [1.82, 2.24) is 0 Å². The van der Waals surface area contributed by atoms with Crippen molar-refractivity contribution in [2.24, 2.45) is 5.92 Å². The summed E-state index contributed by atoms with van der Waals surface area (Å²) in [6.45, 7) is 3.74. The van der Waals surface area contributed by atoms with E-state index in [1.54, 1.807) is 13.8 Å². The fourth-order valence-corrected chi connectivity index (χ4v) is 9.32. The fourth-order valence-electron chi connectivity index (χ4n) is 9.32. The second-order valence-corrected chi connectivity index (χ2v) is 16.7. The van der Waals surface area contributed by atoms with Crippen LogP contribution in [0.4, 0.5) is 0 Å². The molecule has 12 aliphatic heterocycles. The molecule has 0 saturated carbocycles. The monoisotopic (exact) mass is 870 g/mol. The quantitative estimate of drug-likeness (QED) is 0.114. The molecule has 14 aliphatic rings. The van der Waals surface area contributed by atoms with Crippen LogP contribution in [-0.4, -0.2) is 45.5 Å². The number of ether oxygens (including phenoxy) is 8. The highest BCUT2D eigenvalue weighted by atomic mass is 16.7. The summed E-state index contributed by atoms with van der Waals surface area (Å²) in [5.74, 6) is 1.79. The van der Waals surface area contributed by atoms with Gasteiger partial charge in [-0.1, -0.05) is 48.6 Å². The Bertz CT molecular complexity index is 2770. The smallest absolute Gasteiger partial charge is 0.320 e. The van der Waals surface area contributed by atoms with Gasteiger partial charge in [0.1, 0.15) is 34.5 Å². The first-order valence-corrected chi connectivity index (χ1v) is 22.4. The molecule has 18 bridgehead atoms. The highest BCUT2D eigenvalue weighted by molar-refractivity contribution is 5.95. The van der Waals surface area contributed by atoms with E-state index in [1.807, 2.05) is 48.6 Å². The number of allylic oxidation sites excluding steroid dienone is 1. The lowest BCUT2D eigenvalue weighted by atomic mass is 9.90. The summed E-state index contributed by atoms with van der Waals surface area (Å²) >= 11 is 0. The summed E-state index contributed by atoms with van der Waals surface area (Å²) in [7, 11) is 0. The molecular formula is C55H50O10. The third-order valence-corrected chi connectivity index (χ3v) is 12.7. The molecule has 0 radical (unpaired) electrons. The Morgan fingerprint density at radius 2 is 0.815 bits per heavy atom. The maximum Gasteiger partial charge on any atom is 0.320 e. The van der Waals surface area contributed by atoms with Gasteiger partial charge in [-0.2, -0.15) is 0 Å². The van der Waals surface area contributed by atoms with E-state index in [-0.39, 0.29) is 40.0 Å². The minimum atomic E-state index is -1.11. The molecule has 0 atom stereocenters. The third-order valence-electron chi connectivity index (χ3n) is 12.7. The Morgan fingerprint density at radius 3 is 1.22 bits per heavy atom. The molecule has 0 fully saturated rings. The van der Waals surface area contributed by atoms with Crippen molar-refractivity contribution in [3.63, 3.8) is 0 Å². The molecular weight excluding hydrogens is 821 g/mol. The van der Waals surface area contributed by atoms with Gasteiger partial charge in [-0.25, -0.2) is 0 Å². The van der Waals surface area contributed by atoms with Gasteiger partial charge in [-0.15, -0.1) is 0 Å². The molecule has 10 heteroatoms. The molecule has 2 aliphatic carbocycles. The number of benzene rings is 6. The summed E-state index contributed by atoms with van der Waals surface area (Å²) in [6, 6.07) is 35.5. The van der Waals surface area contributed by atoms with Crippen molar-refractivity contribution in [2.45, 2.75) is 58.8 Å². The van der Waals surface area contributed by atoms with Crippen molar-refractivity contribution < 1.29 is 47.5 Å². The van der Waals surface area contributed by atoms with Crippen LogP contribution in [0.25, 0.3) is 6.08 Å². The molecule has 0 spiro atoms. The highest BCUT2D eigenvalue weighted by Crippen LogP contribution is 2.38. The average molecular weight is 871 g/mol. The minimum Gasteiger partial charge on any atom is -0.465 e. The predicted octanol–water partition coefficient (Wildman–Crippen LogP) is 9.88. The summed E-state index contributed by atoms with van der Waals surface area (Å²) in [6.07, 6.45) is 7.77. The van der Waals surface area contributed by atoms with Gasteiger partial charge < -0.3 is 37.9 Å². The molecule has 6 aromatic carbocycles. The van der Waals surface area contributed by atoms with E-state index < -0.39 is 17.9 Å². The summed E-state index contributed by atoms with van der Waals surface area (Å²) in [5, 5.41) is 0. The first-order chi connectivity index (χ1) is 31.9. The minimum absolute atomic E-state index is 0.0345. The van der Waals surface area contributed by atoms with Gasteiger partial charge in [0, 0.05) is 5.56 Å². The van der Waals surface area contributed by atoms with Gasteiger partial charge in [0.05, 0.1) is 13.2 Å². The van der Waals surface area contributed by atoms with Crippen molar-refractivity contribution in [3.8, 4) is 34.5 Å². The first-order valence-electron chi connectivity index (χ1n) is 22.4. The molecule has 20 rings (SSSR count). The summed E-state index contributed by atoms with van der Waals surface area (Å²) < 4.78 is 49.0. The van der Waals surface area contributed by atoms with E-state index >= 15 is 0 Å². The normalized spacial score (nSPS) is 14.6. The zero-order valence-corrected chi connectivity index (χ0v) is 36.6. The van der Waals surface area contributed by atoms with Crippen LogP contribution in [0.2, 0.25) is 0 Å². The van der Waals surface area contributed by atoms with Crippen LogP contribution in [0, 0.1) is 5.92 Å². The number of esters is 2. The molecule has 330 valence electrons. The second-order valence-electron chi connectivity index (χ2n) is 16.7. The molecule has 0 N–H and O–H groups in total. The van der Waals surface area contributed by atoms with Crippen LogP contribution in [0.5, 0.6) is 34.5 Å². The summed E-state index contributed by atoms with van der Waals surface area (Å²) in [4.78, 5) is 26.1. The fraction of sp³-hybridized carbons (Fsp3) is 0.273. The second kappa shape index (κ2) is 18.5. The van der Waals surface area contributed by atoms with Gasteiger partial charge in [0.15, 0.2) is 5.92 Å². The largest absolute Gasteiger partial charge is 0.465 e. The Hall–Kier alpha value is -7.20. The summed E-state index contributed by atoms with van der Waals surface area (Å²) in [5.41, 5.74) is 14.4. The van der Waals surface area contributed by atoms with Crippen molar-refractivity contribution in [1.29, 1.82) is 0 Å². The number of hydrogen-bond donors (Lipinski definition) is 0. The number of hydrogen-bond acceptors (Lipinski definition) is 10. The maximum absolute atomic E-state index is 13.0. The molecule has 0 unspecified atom stereocenters. The van der Waals surface area contributed by atoms with E-state index in [0.717, 1.165) is 56.0 Å². The molecule has 12 heterocycles. The Balaban J connectivity index is 1.15. The average Bonchev–Trinajstić information content (AvgIpc) is 3.40. The van der Waals surface area contributed by atoms with Crippen LogP contribution in [-0.2, 0) is 57.6 Å². The van der Waals surface area contributed by atoms with Crippen molar-refractivity contribution in [2.75, 3.05) is 33.6 Å². The molecule has 0 amide bonds. The lowest BCUT2D eigenvalue weighted by molar-refractivity contribution is -0.161. The third kappa shape index (κ3) is 9.11. The Kier molecular flexibility index (Phi) is 11.9. The van der Waals surface area contributed by atoms with Gasteiger partial charge in [-0.05, 0) is 192 Å². The highest BCUT2D eigenvalue weighted by Gasteiger charge is 2.29. The zero-order valence-electron chi connectivity index (χ0n) is 36.6. The molecule has 6 aromatic rings. The SMILES string of the molecule is CCOC(=O)C(C/C=C\c1c2ccc3c1Cc1ccc4cc1Cc1ccc(cc1C3)OCOc1ccc3c(c1)Cc1ccc(cc1Cc1ccc(cc1C3)OCO2)OCO4)C(=O)OCC. The number of rotatable bonds is 7. The van der Waals surface area contributed by atoms with E-state index in [2.05, 4.69) is 66.7 Å². The zero-order chi connectivity index (χ0) is 44.3. The van der Waals surface area contributed by atoms with E-state index in [4.69, 9.17) is 37.9 Å². The lowest BCUT2D eigenvalue weighted by Crippen LogP contribution is -2.27. The van der Waals surface area contributed by atoms with Crippen LogP contribution in [0.15, 0.2) is 109 Å². The van der Waals surface area contributed by atoms with Gasteiger partial charge in [0.25, 0.3) is 0 Å². The predicted molar refractivity (Wildman–Crippen MR) is 244 cm³/mol. The lowest BCUT2D eigenvalue weighted by Gasteiger charge is -2.20. The van der Waals surface area contributed by atoms with E-state index in [1.165, 1.54) is 27.8 Å². The number of carbonyl (C=O) groups is 2. The van der Waals surface area contributed by atoms with E-state index in [9.17, 15) is 9.59 Å². The van der Waals surface area contributed by atoms with Crippen LogP contribution in [0.1, 0.15) is 92.6 Å². The molecule has 10 nitrogen and oxygen atoms in total. The van der Waals surface area contributed by atoms with Crippen molar-refractivity contribution >= 4 is 18.0 Å². The standard InChI is InChI=1S/C55H50O10/c1-3-58-54(56)51(55(57)59-4-2)7-5-6-50-52-30-38-12-18-48-28-43(38)23-37-11-16-47-29-44(37)24-39(52)13-19-53(50)65-33-64-49-17-10-36-21-41-26-46(61-32-63-48)14-8-34(41)20-40-25-45(60-31-62-47)15-9-35(40)22-42(36)27-49/h5-6,8-19,25-29,51H,3-4,7,20-24,30-33H2,1-2H3/b6-5-. The topological polar surface area (TPSA) is 108 Å². The first kappa shape index (κ1) is 41.8. The van der Waals surface area contributed by atoms with Gasteiger partial charge in [0.2, 0.25) is 20.4 Å². The van der Waals surface area contributed by atoms with Crippen LogP contribution in [0.3, 0.4) is 0 Å². The van der Waals surface area contributed by atoms with Gasteiger partial charge >= 0.3 is 11.9 Å². The molecule has 0 aromatic heterocycles. The molecule has 65 heavy (non-hydrogen) atoms.